The van der Waals surface area contributed by atoms with Gasteiger partial charge < -0.3 is 23.9 Å². The van der Waals surface area contributed by atoms with Gasteiger partial charge in [-0.15, -0.1) is 0 Å². The zero-order valence-electron chi connectivity index (χ0n) is 18.8. The summed E-state index contributed by atoms with van der Waals surface area (Å²) in [6.45, 7) is 3.25. The fourth-order valence-corrected chi connectivity index (χ4v) is 6.08. The molecule has 182 valence electrons. The summed E-state index contributed by atoms with van der Waals surface area (Å²) >= 11 is 0. The highest BCUT2D eigenvalue weighted by atomic mass is 32.2. The van der Waals surface area contributed by atoms with Crippen LogP contribution in [0.5, 0.6) is 11.6 Å². The Bertz CT molecular complexity index is 1480. The molecule has 3 aliphatic rings. The maximum atomic E-state index is 13.2. The minimum atomic E-state index is -3.81. The second-order valence-corrected chi connectivity index (χ2v) is 10.6. The number of fused-ring (bicyclic) bond motifs is 2. The fraction of sp³-hybridized carbons (Fsp3) is 0.348. The van der Waals surface area contributed by atoms with Crippen molar-refractivity contribution < 1.29 is 32.2 Å². The number of hydrogen-bond donors (Lipinski definition) is 1. The van der Waals surface area contributed by atoms with Gasteiger partial charge in [0.15, 0.2) is 23.3 Å². The van der Waals surface area contributed by atoms with Gasteiger partial charge in [-0.3, -0.25) is 4.79 Å². The maximum Gasteiger partial charge on any atom is 0.257 e. The van der Waals surface area contributed by atoms with Crippen molar-refractivity contribution in [2.45, 2.75) is 17.9 Å². The summed E-state index contributed by atoms with van der Waals surface area (Å²) in [5.74, 6) is 0.572. The molecule has 0 bridgehead atoms. The monoisotopic (exact) mass is 498 g/mol. The lowest BCUT2D eigenvalue weighted by atomic mass is 10.1. The zero-order chi connectivity index (χ0) is 24.3. The lowest BCUT2D eigenvalue weighted by molar-refractivity contribution is -0.139. The molecule has 2 aromatic heterocycles. The Morgan fingerprint density at radius 3 is 2.63 bits per heavy atom. The molecule has 1 aromatic carbocycles. The minimum Gasteiger partial charge on any atom is -0.484 e. The van der Waals surface area contributed by atoms with E-state index in [9.17, 15) is 18.3 Å². The van der Waals surface area contributed by atoms with E-state index in [0.29, 0.717) is 41.5 Å². The summed E-state index contributed by atoms with van der Waals surface area (Å²) < 4.78 is 44.1. The zero-order valence-corrected chi connectivity index (χ0v) is 19.6. The normalized spacial score (nSPS) is 18.9. The van der Waals surface area contributed by atoms with Crippen molar-refractivity contribution in [2.24, 2.45) is 0 Å². The lowest BCUT2D eigenvalue weighted by Crippen LogP contribution is -2.38. The number of aliphatic hydroxyl groups excluding tert-OH is 1. The average molecular weight is 499 g/mol. The van der Waals surface area contributed by atoms with Gasteiger partial charge in [-0.1, -0.05) is 12.1 Å². The Hall–Kier alpha value is -3.48. The molecule has 0 radical (unpaired) electrons. The summed E-state index contributed by atoms with van der Waals surface area (Å²) in [6, 6.07) is 6.52. The molecule has 0 saturated carbocycles. The van der Waals surface area contributed by atoms with Crippen molar-refractivity contribution in [3.05, 3.63) is 53.1 Å². The third-order valence-corrected chi connectivity index (χ3v) is 8.16. The molecule has 0 fully saturated rings. The number of hydrogen-bond acceptors (Lipinski definition) is 9. The number of pyridine rings is 1. The molecular weight excluding hydrogens is 476 g/mol. The van der Waals surface area contributed by atoms with E-state index in [4.69, 9.17) is 13.9 Å². The largest absolute Gasteiger partial charge is 0.484 e. The average Bonchev–Trinajstić information content (AvgIpc) is 3.55. The SMILES string of the molecule is Cc1nc2c([C@@H](O)C(=O)N3CC4=C(C3)CN(S(=O)(=O)c3cnc5c(c3)OCCO5)C4)cccc2o1. The van der Waals surface area contributed by atoms with Crippen LogP contribution >= 0.6 is 0 Å². The van der Waals surface area contributed by atoms with E-state index in [1.165, 1.54) is 21.5 Å². The van der Waals surface area contributed by atoms with Gasteiger partial charge in [0.2, 0.25) is 10.0 Å². The quantitative estimate of drug-likeness (QED) is 0.526. The van der Waals surface area contributed by atoms with Gasteiger partial charge >= 0.3 is 0 Å². The van der Waals surface area contributed by atoms with Crippen molar-refractivity contribution in [2.75, 3.05) is 39.4 Å². The van der Waals surface area contributed by atoms with Crippen molar-refractivity contribution in [3.63, 3.8) is 0 Å². The van der Waals surface area contributed by atoms with Gasteiger partial charge in [0.1, 0.15) is 23.6 Å². The smallest absolute Gasteiger partial charge is 0.257 e. The first kappa shape index (κ1) is 22.0. The predicted octanol–water partition coefficient (Wildman–Crippen LogP) is 1.18. The molecule has 0 aliphatic carbocycles. The number of ether oxygens (including phenoxy) is 2. The van der Waals surface area contributed by atoms with Gasteiger partial charge in [0, 0.05) is 44.7 Å². The first-order valence-corrected chi connectivity index (χ1v) is 12.5. The molecule has 1 amide bonds. The molecule has 6 rings (SSSR count). The van der Waals surface area contributed by atoms with Crippen LogP contribution in [0.25, 0.3) is 11.1 Å². The molecule has 1 N–H and O–H groups in total. The van der Waals surface area contributed by atoms with Crippen molar-refractivity contribution in [1.29, 1.82) is 0 Å². The van der Waals surface area contributed by atoms with E-state index in [-0.39, 0.29) is 37.0 Å². The van der Waals surface area contributed by atoms with Gasteiger partial charge in [0.05, 0.1) is 6.20 Å². The molecule has 0 spiro atoms. The number of carbonyl (C=O) groups excluding carboxylic acids is 1. The summed E-state index contributed by atoms with van der Waals surface area (Å²) in [7, 11) is -3.81. The number of nitrogens with zero attached hydrogens (tertiary/aromatic N) is 4. The van der Waals surface area contributed by atoms with E-state index in [1.54, 1.807) is 25.1 Å². The number of carbonyl (C=O) groups is 1. The third kappa shape index (κ3) is 3.65. The van der Waals surface area contributed by atoms with Gasteiger partial charge in [-0.05, 0) is 17.2 Å². The number of aryl methyl sites for hydroxylation is 1. The number of oxazole rings is 1. The van der Waals surface area contributed by atoms with E-state index < -0.39 is 22.0 Å². The minimum absolute atomic E-state index is 0.0299. The molecule has 5 heterocycles. The van der Waals surface area contributed by atoms with E-state index in [0.717, 1.165) is 11.1 Å². The molecule has 0 unspecified atom stereocenters. The number of amides is 1. The molecule has 35 heavy (non-hydrogen) atoms. The highest BCUT2D eigenvalue weighted by Crippen LogP contribution is 2.35. The molecule has 11 nitrogen and oxygen atoms in total. The van der Waals surface area contributed by atoms with Crippen molar-refractivity contribution in [3.8, 4) is 11.6 Å². The van der Waals surface area contributed by atoms with Gasteiger partial charge in [-0.2, -0.15) is 4.31 Å². The Labute approximate surface area is 200 Å². The summed E-state index contributed by atoms with van der Waals surface area (Å²) in [5, 5.41) is 10.8. The van der Waals surface area contributed by atoms with E-state index >= 15 is 0 Å². The molecule has 1 atom stereocenters. The number of aliphatic hydroxyl groups is 1. The van der Waals surface area contributed by atoms with E-state index in [1.807, 2.05) is 0 Å². The molecule has 12 heteroatoms. The number of benzene rings is 1. The first-order valence-electron chi connectivity index (χ1n) is 11.1. The topological polar surface area (TPSA) is 135 Å². The van der Waals surface area contributed by atoms with Crippen LogP contribution in [0.3, 0.4) is 0 Å². The van der Waals surface area contributed by atoms with Crippen LogP contribution in [-0.2, 0) is 14.8 Å². The summed E-state index contributed by atoms with van der Waals surface area (Å²) in [5.41, 5.74) is 3.05. The number of aromatic nitrogens is 2. The maximum absolute atomic E-state index is 13.2. The number of rotatable bonds is 4. The second kappa shape index (κ2) is 8.04. The lowest BCUT2D eigenvalue weighted by Gasteiger charge is -2.25. The third-order valence-electron chi connectivity index (χ3n) is 6.41. The Morgan fingerprint density at radius 2 is 1.86 bits per heavy atom. The Morgan fingerprint density at radius 1 is 1.11 bits per heavy atom. The molecule has 0 saturated heterocycles. The number of sulfonamides is 1. The van der Waals surface area contributed by atoms with Crippen LogP contribution in [0.1, 0.15) is 17.6 Å². The van der Waals surface area contributed by atoms with Crippen molar-refractivity contribution in [1.82, 2.24) is 19.2 Å². The van der Waals surface area contributed by atoms with Crippen LogP contribution in [-0.4, -0.2) is 78.0 Å². The molecule has 3 aromatic rings. The van der Waals surface area contributed by atoms with Crippen molar-refractivity contribution >= 4 is 27.0 Å². The van der Waals surface area contributed by atoms with Crippen LogP contribution < -0.4 is 9.47 Å². The van der Waals surface area contributed by atoms with Crippen LogP contribution in [0.2, 0.25) is 0 Å². The van der Waals surface area contributed by atoms with Crippen LogP contribution in [0, 0.1) is 6.92 Å². The number of para-hydroxylation sites is 1. The second-order valence-electron chi connectivity index (χ2n) is 8.68. The Kier molecular flexibility index (Phi) is 5.06. The first-order chi connectivity index (χ1) is 16.8. The van der Waals surface area contributed by atoms with Crippen LogP contribution in [0.15, 0.2) is 50.9 Å². The highest BCUT2D eigenvalue weighted by Gasteiger charge is 2.39. The predicted molar refractivity (Wildman–Crippen MR) is 121 cm³/mol. The standard InChI is InChI=1S/C23H22N4O7S/c1-13-25-20-17(3-2-4-18(20)34-13)21(28)23(29)26-9-14-11-27(12-15(14)10-26)35(30,31)16-7-19-22(24-8-16)33-6-5-32-19/h2-4,7-8,21,28H,5-6,9-12H2,1H3/t21-/m1/s1. The summed E-state index contributed by atoms with van der Waals surface area (Å²) in [6.07, 6.45) is -0.128. The molecule has 3 aliphatic heterocycles. The van der Waals surface area contributed by atoms with Crippen LogP contribution in [0.4, 0.5) is 0 Å². The fourth-order valence-electron chi connectivity index (χ4n) is 4.68. The Balaban J connectivity index is 1.15. The highest BCUT2D eigenvalue weighted by molar-refractivity contribution is 7.89. The molecular formula is C23H22N4O7S. The van der Waals surface area contributed by atoms with Gasteiger partial charge in [-0.25, -0.2) is 18.4 Å². The van der Waals surface area contributed by atoms with Gasteiger partial charge in [0.25, 0.3) is 11.8 Å². The summed E-state index contributed by atoms with van der Waals surface area (Å²) in [4.78, 5) is 23.0. The van der Waals surface area contributed by atoms with E-state index in [2.05, 4.69) is 9.97 Å².